The van der Waals surface area contributed by atoms with Crippen LogP contribution in [0.15, 0.2) is 24.3 Å². The molecule has 0 saturated heterocycles. The first-order chi connectivity index (χ1) is 8.72. The second-order valence-electron chi connectivity index (χ2n) is 4.31. The maximum Gasteiger partial charge on any atom is 0.170 e. The van der Waals surface area contributed by atoms with E-state index in [0.29, 0.717) is 10.8 Å². The zero-order valence-corrected chi connectivity index (χ0v) is 11.7. The molecular formula is C14H21FN2S. The van der Waals surface area contributed by atoms with Gasteiger partial charge in [-0.25, -0.2) is 4.39 Å². The summed E-state index contributed by atoms with van der Waals surface area (Å²) in [6, 6.07) is 6.29. The number of hydrogen-bond donors (Lipinski definition) is 2. The van der Waals surface area contributed by atoms with Gasteiger partial charge in [0, 0.05) is 12.2 Å². The van der Waals surface area contributed by atoms with Gasteiger partial charge < -0.3 is 10.6 Å². The van der Waals surface area contributed by atoms with Crippen LogP contribution in [0.2, 0.25) is 0 Å². The highest BCUT2D eigenvalue weighted by atomic mass is 32.1. The standard InChI is InChI=1S/C14H21FN2S/c1-2-3-4-5-6-10-16-14(18)17-13-9-7-8-12(15)11-13/h7-9,11H,2-6,10H2,1H3,(H2,16,17,18). The molecule has 0 aliphatic rings. The minimum absolute atomic E-state index is 0.262. The van der Waals surface area contributed by atoms with E-state index in [1.807, 2.05) is 0 Å². The zero-order chi connectivity index (χ0) is 13.2. The van der Waals surface area contributed by atoms with Crippen molar-refractivity contribution in [1.82, 2.24) is 5.32 Å². The van der Waals surface area contributed by atoms with Gasteiger partial charge in [0.1, 0.15) is 5.82 Å². The molecule has 2 N–H and O–H groups in total. The number of anilines is 1. The molecule has 0 atom stereocenters. The first-order valence-electron chi connectivity index (χ1n) is 6.53. The molecule has 0 bridgehead atoms. The van der Waals surface area contributed by atoms with Crippen molar-refractivity contribution in [2.24, 2.45) is 0 Å². The molecule has 4 heteroatoms. The molecule has 0 amide bonds. The zero-order valence-electron chi connectivity index (χ0n) is 10.8. The highest BCUT2D eigenvalue weighted by Crippen LogP contribution is 2.08. The van der Waals surface area contributed by atoms with Gasteiger partial charge in [-0.15, -0.1) is 0 Å². The molecule has 1 aromatic rings. The summed E-state index contributed by atoms with van der Waals surface area (Å²) in [5.41, 5.74) is 0.679. The normalized spacial score (nSPS) is 10.1. The number of halogens is 1. The van der Waals surface area contributed by atoms with Crippen molar-refractivity contribution in [2.45, 2.75) is 39.0 Å². The Morgan fingerprint density at radius 1 is 1.22 bits per heavy atom. The number of hydrogen-bond acceptors (Lipinski definition) is 1. The lowest BCUT2D eigenvalue weighted by Gasteiger charge is -2.10. The molecule has 0 fully saturated rings. The summed E-state index contributed by atoms with van der Waals surface area (Å²) < 4.78 is 12.9. The fourth-order valence-electron chi connectivity index (χ4n) is 1.67. The fraction of sp³-hybridized carbons (Fsp3) is 0.500. The molecule has 0 saturated carbocycles. The fourth-order valence-corrected chi connectivity index (χ4v) is 1.89. The van der Waals surface area contributed by atoms with E-state index in [1.165, 1.54) is 37.8 Å². The topological polar surface area (TPSA) is 24.1 Å². The van der Waals surface area contributed by atoms with Crippen LogP contribution in [0.25, 0.3) is 0 Å². The van der Waals surface area contributed by atoms with Crippen LogP contribution in [-0.4, -0.2) is 11.7 Å². The molecule has 1 aromatic carbocycles. The van der Waals surface area contributed by atoms with E-state index in [4.69, 9.17) is 12.2 Å². The van der Waals surface area contributed by atoms with E-state index >= 15 is 0 Å². The van der Waals surface area contributed by atoms with E-state index in [0.717, 1.165) is 13.0 Å². The van der Waals surface area contributed by atoms with Crippen molar-refractivity contribution < 1.29 is 4.39 Å². The SMILES string of the molecule is CCCCCCCNC(=S)Nc1cccc(F)c1. The summed E-state index contributed by atoms with van der Waals surface area (Å²) in [4.78, 5) is 0. The van der Waals surface area contributed by atoms with Gasteiger partial charge in [0.05, 0.1) is 0 Å². The Hall–Kier alpha value is -1.16. The molecule has 2 nitrogen and oxygen atoms in total. The third-order valence-electron chi connectivity index (χ3n) is 2.65. The highest BCUT2D eigenvalue weighted by Gasteiger charge is 1.98. The van der Waals surface area contributed by atoms with Crippen LogP contribution in [0.5, 0.6) is 0 Å². The summed E-state index contributed by atoms with van der Waals surface area (Å²) in [6.07, 6.45) is 6.18. The predicted molar refractivity (Wildman–Crippen MR) is 79.4 cm³/mol. The van der Waals surface area contributed by atoms with E-state index in [2.05, 4.69) is 17.6 Å². The van der Waals surface area contributed by atoms with Crippen molar-refractivity contribution in [3.8, 4) is 0 Å². The van der Waals surface area contributed by atoms with Crippen LogP contribution in [0.3, 0.4) is 0 Å². The van der Waals surface area contributed by atoms with Gasteiger partial charge in [-0.05, 0) is 36.8 Å². The molecule has 0 aliphatic carbocycles. The Kier molecular flexibility index (Phi) is 7.34. The number of thiocarbonyl (C=S) groups is 1. The third kappa shape index (κ3) is 6.55. The Labute approximate surface area is 114 Å². The number of unbranched alkanes of at least 4 members (excludes halogenated alkanes) is 4. The highest BCUT2D eigenvalue weighted by molar-refractivity contribution is 7.80. The van der Waals surface area contributed by atoms with Gasteiger partial charge in [-0.1, -0.05) is 38.7 Å². The van der Waals surface area contributed by atoms with E-state index in [-0.39, 0.29) is 5.82 Å². The molecule has 0 radical (unpaired) electrons. The summed E-state index contributed by atoms with van der Waals surface area (Å²) in [6.45, 7) is 3.07. The van der Waals surface area contributed by atoms with Gasteiger partial charge in [-0.3, -0.25) is 0 Å². The number of nitrogens with one attached hydrogen (secondary N) is 2. The van der Waals surface area contributed by atoms with Crippen molar-refractivity contribution in [3.63, 3.8) is 0 Å². The summed E-state index contributed by atoms with van der Waals surface area (Å²) in [5, 5.41) is 6.64. The van der Waals surface area contributed by atoms with Crippen molar-refractivity contribution in [2.75, 3.05) is 11.9 Å². The largest absolute Gasteiger partial charge is 0.362 e. The smallest absolute Gasteiger partial charge is 0.170 e. The summed E-state index contributed by atoms with van der Waals surface area (Å²) in [5.74, 6) is -0.262. The van der Waals surface area contributed by atoms with Crippen molar-refractivity contribution in [3.05, 3.63) is 30.1 Å². The van der Waals surface area contributed by atoms with Gasteiger partial charge >= 0.3 is 0 Å². The van der Waals surface area contributed by atoms with Crippen LogP contribution >= 0.6 is 12.2 Å². The molecule has 0 unspecified atom stereocenters. The molecule has 0 aromatic heterocycles. The lowest BCUT2D eigenvalue weighted by atomic mass is 10.1. The minimum Gasteiger partial charge on any atom is -0.362 e. The minimum atomic E-state index is -0.262. The van der Waals surface area contributed by atoms with Crippen LogP contribution < -0.4 is 10.6 Å². The molecule has 0 heterocycles. The van der Waals surface area contributed by atoms with Gasteiger partial charge in [0.25, 0.3) is 0 Å². The third-order valence-corrected chi connectivity index (χ3v) is 2.89. The Morgan fingerprint density at radius 3 is 2.72 bits per heavy atom. The van der Waals surface area contributed by atoms with Crippen LogP contribution in [0, 0.1) is 5.82 Å². The van der Waals surface area contributed by atoms with Gasteiger partial charge in [-0.2, -0.15) is 0 Å². The van der Waals surface area contributed by atoms with Crippen molar-refractivity contribution >= 4 is 23.0 Å². The van der Waals surface area contributed by atoms with E-state index in [1.54, 1.807) is 12.1 Å². The van der Waals surface area contributed by atoms with Crippen molar-refractivity contribution in [1.29, 1.82) is 0 Å². The molecule has 18 heavy (non-hydrogen) atoms. The second-order valence-corrected chi connectivity index (χ2v) is 4.71. The molecule has 100 valence electrons. The average Bonchev–Trinajstić information content (AvgIpc) is 2.33. The molecule has 0 spiro atoms. The van der Waals surface area contributed by atoms with Gasteiger partial charge in [0.2, 0.25) is 0 Å². The van der Waals surface area contributed by atoms with E-state index < -0.39 is 0 Å². The van der Waals surface area contributed by atoms with Crippen LogP contribution in [-0.2, 0) is 0 Å². The Morgan fingerprint density at radius 2 is 2.00 bits per heavy atom. The second kappa shape index (κ2) is 8.86. The Bertz CT molecular complexity index is 369. The first-order valence-corrected chi connectivity index (χ1v) is 6.93. The number of benzene rings is 1. The van der Waals surface area contributed by atoms with Gasteiger partial charge in [0.15, 0.2) is 5.11 Å². The lowest BCUT2D eigenvalue weighted by Crippen LogP contribution is -2.29. The maximum absolute atomic E-state index is 12.9. The van der Waals surface area contributed by atoms with Crippen LogP contribution in [0.4, 0.5) is 10.1 Å². The quantitative estimate of drug-likeness (QED) is 0.575. The molecule has 1 rings (SSSR count). The molecular weight excluding hydrogens is 247 g/mol. The lowest BCUT2D eigenvalue weighted by molar-refractivity contribution is 0.625. The maximum atomic E-state index is 12.9. The van der Waals surface area contributed by atoms with E-state index in [9.17, 15) is 4.39 Å². The summed E-state index contributed by atoms with van der Waals surface area (Å²) in [7, 11) is 0. The molecule has 0 aliphatic heterocycles. The number of rotatable bonds is 7. The Balaban J connectivity index is 2.14. The average molecular weight is 268 g/mol. The monoisotopic (exact) mass is 268 g/mol. The predicted octanol–water partition coefficient (Wildman–Crippen LogP) is 4.08. The van der Waals surface area contributed by atoms with Crippen LogP contribution in [0.1, 0.15) is 39.0 Å². The first kappa shape index (κ1) is 14.9. The summed E-state index contributed by atoms with van der Waals surface area (Å²) >= 11 is 5.14.